The molecular weight excluding hydrogens is 296 g/mol. The zero-order valence-corrected chi connectivity index (χ0v) is 15.9. The van der Waals surface area contributed by atoms with Gasteiger partial charge >= 0.3 is 0 Å². The van der Waals surface area contributed by atoms with Crippen LogP contribution in [0.25, 0.3) is 11.3 Å². The van der Waals surface area contributed by atoms with Crippen LogP contribution >= 0.6 is 0 Å². The fourth-order valence-corrected chi connectivity index (χ4v) is 3.80. The van der Waals surface area contributed by atoms with E-state index >= 15 is 0 Å². The lowest BCUT2D eigenvalue weighted by molar-refractivity contribution is 0.0364. The molecule has 3 atom stereocenters. The van der Waals surface area contributed by atoms with E-state index in [-0.39, 0.29) is 24.0 Å². The van der Waals surface area contributed by atoms with Crippen molar-refractivity contribution in [1.82, 2.24) is 9.55 Å². The molecule has 3 rings (SSSR count). The first kappa shape index (κ1) is 18.7. The number of hydrogen-bond donors (Lipinski definition) is 1. The van der Waals surface area contributed by atoms with Gasteiger partial charge in [0.1, 0.15) is 0 Å². The molecule has 0 fully saturated rings. The Morgan fingerprint density at radius 2 is 1.79 bits per heavy atom. The van der Waals surface area contributed by atoms with E-state index in [1.54, 1.807) is 0 Å². The van der Waals surface area contributed by atoms with Gasteiger partial charge in [0, 0.05) is 11.5 Å². The molecule has 3 heteroatoms. The normalized spacial score (nSPS) is 18.0. The number of fused-ring (bicyclic) bond motifs is 3. The Hall–Kier alpha value is -1.61. The monoisotopic (exact) mass is 328 g/mol. The van der Waals surface area contributed by atoms with Gasteiger partial charge in [0.05, 0.1) is 30.4 Å². The average Bonchev–Trinajstić information content (AvgIpc) is 3.14. The maximum absolute atomic E-state index is 10.9. The summed E-state index contributed by atoms with van der Waals surface area (Å²) in [5.74, 6) is 1.01. The SMILES string of the molecule is CC.CC(C)C[C@@H](C(O)C(C)C)C1c2ccccc2-c2cncn21. The molecule has 24 heavy (non-hydrogen) atoms. The van der Waals surface area contributed by atoms with Crippen molar-refractivity contribution in [3.63, 3.8) is 0 Å². The molecule has 0 saturated carbocycles. The van der Waals surface area contributed by atoms with Crippen molar-refractivity contribution in [2.75, 3.05) is 0 Å². The highest BCUT2D eigenvalue weighted by Crippen LogP contribution is 2.46. The van der Waals surface area contributed by atoms with Crippen molar-refractivity contribution in [1.29, 1.82) is 0 Å². The Morgan fingerprint density at radius 3 is 2.42 bits per heavy atom. The minimum atomic E-state index is -0.311. The molecule has 2 unspecified atom stereocenters. The number of nitrogens with zero attached hydrogens (tertiary/aromatic N) is 2. The highest BCUT2D eigenvalue weighted by atomic mass is 16.3. The second kappa shape index (κ2) is 7.98. The predicted octanol–water partition coefficient (Wildman–Crippen LogP) is 5.16. The van der Waals surface area contributed by atoms with E-state index in [1.807, 2.05) is 26.4 Å². The maximum atomic E-state index is 10.9. The van der Waals surface area contributed by atoms with E-state index in [4.69, 9.17) is 0 Å². The van der Waals surface area contributed by atoms with Crippen LogP contribution in [0.5, 0.6) is 0 Å². The van der Waals surface area contributed by atoms with Gasteiger partial charge in [-0.1, -0.05) is 65.8 Å². The summed E-state index contributed by atoms with van der Waals surface area (Å²) in [6, 6.07) is 8.73. The Morgan fingerprint density at radius 1 is 1.12 bits per heavy atom. The van der Waals surface area contributed by atoms with Gasteiger partial charge in [-0.25, -0.2) is 4.98 Å². The van der Waals surface area contributed by atoms with Crippen molar-refractivity contribution >= 4 is 0 Å². The minimum Gasteiger partial charge on any atom is -0.392 e. The molecule has 2 aromatic rings. The molecule has 0 aliphatic carbocycles. The Bertz CT molecular complexity index is 645. The van der Waals surface area contributed by atoms with Crippen LogP contribution in [0.4, 0.5) is 0 Å². The molecule has 1 aliphatic rings. The summed E-state index contributed by atoms with van der Waals surface area (Å²) in [5, 5.41) is 10.9. The zero-order chi connectivity index (χ0) is 17.9. The second-order valence-electron chi connectivity index (χ2n) is 7.25. The lowest BCUT2D eigenvalue weighted by Gasteiger charge is -2.33. The number of benzene rings is 1. The lowest BCUT2D eigenvalue weighted by Crippen LogP contribution is -2.34. The molecule has 0 amide bonds. The maximum Gasteiger partial charge on any atom is 0.0956 e. The fraction of sp³-hybridized carbons (Fsp3) is 0.571. The molecule has 0 saturated heterocycles. The molecule has 1 N–H and O–H groups in total. The van der Waals surface area contributed by atoms with Crippen LogP contribution in [-0.4, -0.2) is 20.8 Å². The van der Waals surface area contributed by atoms with Crippen LogP contribution in [0.3, 0.4) is 0 Å². The highest BCUT2D eigenvalue weighted by molar-refractivity contribution is 5.69. The molecule has 1 aliphatic heterocycles. The van der Waals surface area contributed by atoms with Crippen LogP contribution < -0.4 is 0 Å². The summed E-state index contributed by atoms with van der Waals surface area (Å²) in [7, 11) is 0. The minimum absolute atomic E-state index is 0.188. The van der Waals surface area contributed by atoms with Crippen molar-refractivity contribution in [2.45, 2.75) is 60.1 Å². The predicted molar refractivity (Wildman–Crippen MR) is 101 cm³/mol. The van der Waals surface area contributed by atoms with Crippen LogP contribution in [0.1, 0.15) is 59.6 Å². The van der Waals surface area contributed by atoms with E-state index in [9.17, 15) is 5.11 Å². The smallest absolute Gasteiger partial charge is 0.0956 e. The van der Waals surface area contributed by atoms with E-state index < -0.39 is 0 Å². The summed E-state index contributed by atoms with van der Waals surface area (Å²) in [4.78, 5) is 4.34. The topological polar surface area (TPSA) is 38.1 Å². The Labute approximate surface area is 146 Å². The quantitative estimate of drug-likeness (QED) is 0.823. The largest absolute Gasteiger partial charge is 0.392 e. The molecule has 2 heterocycles. The highest BCUT2D eigenvalue weighted by Gasteiger charge is 2.38. The van der Waals surface area contributed by atoms with E-state index in [0.717, 1.165) is 6.42 Å². The Kier molecular flexibility index (Phi) is 6.22. The third kappa shape index (κ3) is 3.41. The average molecular weight is 329 g/mol. The van der Waals surface area contributed by atoms with Gasteiger partial charge in [0.15, 0.2) is 0 Å². The van der Waals surface area contributed by atoms with Gasteiger partial charge in [-0.05, 0) is 23.8 Å². The van der Waals surface area contributed by atoms with E-state index in [0.29, 0.717) is 5.92 Å². The molecule has 0 radical (unpaired) electrons. The lowest BCUT2D eigenvalue weighted by atomic mass is 9.79. The summed E-state index contributed by atoms with van der Waals surface area (Å²) in [6.45, 7) is 12.7. The zero-order valence-electron chi connectivity index (χ0n) is 15.9. The first-order valence-corrected chi connectivity index (χ1v) is 9.30. The summed E-state index contributed by atoms with van der Waals surface area (Å²) in [6.07, 6.45) is 4.55. The van der Waals surface area contributed by atoms with Crippen LogP contribution in [0, 0.1) is 17.8 Å². The molecule has 132 valence electrons. The van der Waals surface area contributed by atoms with Gasteiger partial charge in [0.2, 0.25) is 0 Å². The Balaban J connectivity index is 0.00000100. The molecule has 1 aromatic heterocycles. The van der Waals surface area contributed by atoms with E-state index in [2.05, 4.69) is 61.5 Å². The number of imidazole rings is 1. The number of aliphatic hydroxyl groups is 1. The van der Waals surface area contributed by atoms with Gasteiger partial charge < -0.3 is 9.67 Å². The first-order chi connectivity index (χ1) is 11.5. The van der Waals surface area contributed by atoms with Crippen molar-refractivity contribution in [3.8, 4) is 11.3 Å². The van der Waals surface area contributed by atoms with Crippen LogP contribution in [0.2, 0.25) is 0 Å². The number of aliphatic hydroxyl groups excluding tert-OH is 1. The van der Waals surface area contributed by atoms with Crippen LogP contribution in [-0.2, 0) is 0 Å². The third-order valence-corrected chi connectivity index (χ3v) is 4.79. The van der Waals surface area contributed by atoms with Crippen molar-refractivity contribution < 1.29 is 5.11 Å². The summed E-state index contributed by atoms with van der Waals surface area (Å²) < 4.78 is 2.25. The van der Waals surface area contributed by atoms with Crippen molar-refractivity contribution in [3.05, 3.63) is 42.4 Å². The molecule has 1 aromatic carbocycles. The van der Waals surface area contributed by atoms with Gasteiger partial charge in [-0.2, -0.15) is 0 Å². The number of hydrogen-bond acceptors (Lipinski definition) is 2. The molecule has 0 bridgehead atoms. The van der Waals surface area contributed by atoms with Crippen LogP contribution in [0.15, 0.2) is 36.8 Å². The first-order valence-electron chi connectivity index (χ1n) is 9.30. The standard InChI is InChI=1S/C19H26N2O.C2H6/c1-12(2)9-16(19(22)13(3)4)18-15-8-6-5-7-14(15)17-10-20-11-21(17)18;1-2/h5-8,10-13,16,18-19,22H,9H2,1-4H3;1-2H3/t16-,18?,19?;/m1./s1. The molecule has 3 nitrogen and oxygen atoms in total. The van der Waals surface area contributed by atoms with Gasteiger partial charge in [-0.15, -0.1) is 0 Å². The summed E-state index contributed by atoms with van der Waals surface area (Å²) >= 11 is 0. The summed E-state index contributed by atoms with van der Waals surface area (Å²) in [5.41, 5.74) is 3.75. The second-order valence-corrected chi connectivity index (χ2v) is 7.25. The number of aromatic nitrogens is 2. The van der Waals surface area contributed by atoms with Gasteiger partial charge in [-0.3, -0.25) is 0 Å². The van der Waals surface area contributed by atoms with Gasteiger partial charge in [0.25, 0.3) is 0 Å². The van der Waals surface area contributed by atoms with Crippen molar-refractivity contribution in [2.24, 2.45) is 17.8 Å². The molecular formula is C21H32N2O. The van der Waals surface area contributed by atoms with E-state index in [1.165, 1.54) is 16.8 Å². The fourth-order valence-electron chi connectivity index (χ4n) is 3.80. The third-order valence-electron chi connectivity index (χ3n) is 4.79. The molecule has 0 spiro atoms. The number of rotatable bonds is 5.